The molecule has 0 fully saturated rings. The number of fused-ring (bicyclic) bond motifs is 1. The fraction of sp³-hybridized carbons (Fsp3) is 0.111. The van der Waals surface area contributed by atoms with E-state index in [2.05, 4.69) is 4.98 Å². The molecule has 2 aromatic carbocycles. The lowest BCUT2D eigenvalue weighted by molar-refractivity contribution is -0.144. The van der Waals surface area contributed by atoms with E-state index in [0.717, 1.165) is 10.9 Å². The molecule has 0 aliphatic carbocycles. The highest BCUT2D eigenvalue weighted by atomic mass is 35.5. The maximum absolute atomic E-state index is 10.8. The molecule has 1 N–H and O–H groups in total. The van der Waals surface area contributed by atoms with Crippen LogP contribution in [0, 0.1) is 0 Å². The van der Waals surface area contributed by atoms with Gasteiger partial charge in [0.2, 0.25) is 0 Å². The van der Waals surface area contributed by atoms with E-state index < -0.39 is 12.1 Å². The van der Waals surface area contributed by atoms with Gasteiger partial charge in [-0.3, -0.25) is 4.98 Å². The largest absolute Gasteiger partial charge is 0.479 e. The van der Waals surface area contributed by atoms with Gasteiger partial charge in [0.05, 0.1) is 11.7 Å². The van der Waals surface area contributed by atoms with Crippen molar-refractivity contribution in [2.75, 3.05) is 0 Å². The number of aromatic nitrogens is 1. The third kappa shape index (κ3) is 3.75. The van der Waals surface area contributed by atoms with Gasteiger partial charge >= 0.3 is 5.97 Å². The molecule has 1 aromatic heterocycles. The molecule has 0 aliphatic rings. The van der Waals surface area contributed by atoms with E-state index in [1.54, 1.807) is 42.6 Å². The summed E-state index contributed by atoms with van der Waals surface area (Å²) in [6, 6.07) is 14.1. The number of hydrogen-bond acceptors (Lipinski definition) is 4. The van der Waals surface area contributed by atoms with Crippen molar-refractivity contribution in [3.8, 4) is 17.2 Å². The van der Waals surface area contributed by atoms with Gasteiger partial charge < -0.3 is 14.6 Å². The van der Waals surface area contributed by atoms with Crippen LogP contribution in [0.4, 0.5) is 0 Å². The summed E-state index contributed by atoms with van der Waals surface area (Å²) in [6.07, 6.45) is 0.712. The predicted octanol–water partition coefficient (Wildman–Crippen LogP) is 4.53. The van der Waals surface area contributed by atoms with Crippen molar-refractivity contribution >= 4 is 28.5 Å². The van der Waals surface area contributed by atoms with Crippen molar-refractivity contribution in [2.45, 2.75) is 13.0 Å². The normalized spacial score (nSPS) is 11.9. The summed E-state index contributed by atoms with van der Waals surface area (Å²) in [6.45, 7) is 1.47. The summed E-state index contributed by atoms with van der Waals surface area (Å²) >= 11 is 5.94. The summed E-state index contributed by atoms with van der Waals surface area (Å²) < 4.78 is 11.0. The Morgan fingerprint density at radius 1 is 1.08 bits per heavy atom. The predicted molar refractivity (Wildman–Crippen MR) is 91.0 cm³/mol. The number of carboxylic acids is 1. The molecule has 0 bridgehead atoms. The van der Waals surface area contributed by atoms with Gasteiger partial charge in [-0.25, -0.2) is 4.79 Å². The van der Waals surface area contributed by atoms with Crippen LogP contribution in [-0.4, -0.2) is 22.2 Å². The molecule has 0 saturated carbocycles. The molecule has 0 amide bonds. The van der Waals surface area contributed by atoms with E-state index in [4.69, 9.17) is 26.2 Å². The summed E-state index contributed by atoms with van der Waals surface area (Å²) in [5.41, 5.74) is 0.793. The molecule has 0 radical (unpaired) electrons. The average Bonchev–Trinajstić information content (AvgIpc) is 2.56. The van der Waals surface area contributed by atoms with Gasteiger partial charge in [0, 0.05) is 10.4 Å². The number of aliphatic carboxylic acids is 1. The van der Waals surface area contributed by atoms with Crippen LogP contribution in [0.5, 0.6) is 17.2 Å². The van der Waals surface area contributed by atoms with Crippen LogP contribution in [0.15, 0.2) is 54.7 Å². The molecule has 5 nitrogen and oxygen atoms in total. The first kappa shape index (κ1) is 16.1. The Kier molecular flexibility index (Phi) is 4.53. The topological polar surface area (TPSA) is 68.7 Å². The number of carboxylic acid groups (broad SMARTS) is 1. The number of pyridine rings is 1. The Labute approximate surface area is 143 Å². The van der Waals surface area contributed by atoms with Gasteiger partial charge in [-0.15, -0.1) is 0 Å². The molecule has 1 atom stereocenters. The number of rotatable bonds is 5. The highest BCUT2D eigenvalue weighted by Gasteiger charge is 2.12. The molecule has 0 aliphatic heterocycles. The van der Waals surface area contributed by atoms with Crippen molar-refractivity contribution in [2.24, 2.45) is 0 Å². The summed E-state index contributed by atoms with van der Waals surface area (Å²) in [5.74, 6) is 0.638. The minimum atomic E-state index is -1.02. The number of hydrogen-bond donors (Lipinski definition) is 1. The fourth-order valence-electron chi connectivity index (χ4n) is 2.11. The second kappa shape index (κ2) is 6.76. The molecule has 1 heterocycles. The highest BCUT2D eigenvalue weighted by Crippen LogP contribution is 2.27. The van der Waals surface area contributed by atoms with Crippen LogP contribution in [0.2, 0.25) is 5.02 Å². The zero-order valence-electron chi connectivity index (χ0n) is 12.8. The fourth-order valence-corrected chi connectivity index (χ4v) is 2.27. The lowest BCUT2D eigenvalue weighted by Crippen LogP contribution is -2.22. The number of benzene rings is 2. The number of halogens is 1. The van der Waals surface area contributed by atoms with Gasteiger partial charge in [-0.05, 0) is 49.4 Å². The first-order valence-electron chi connectivity index (χ1n) is 7.24. The van der Waals surface area contributed by atoms with Crippen LogP contribution >= 0.6 is 11.6 Å². The number of ether oxygens (including phenoxy) is 2. The van der Waals surface area contributed by atoms with E-state index in [1.165, 1.54) is 6.92 Å². The minimum absolute atomic E-state index is 0.462. The molecule has 0 saturated heterocycles. The van der Waals surface area contributed by atoms with Gasteiger partial charge in [-0.1, -0.05) is 17.7 Å². The molecular formula is C18H14ClNO4. The van der Waals surface area contributed by atoms with E-state index in [-0.39, 0.29) is 0 Å². The maximum Gasteiger partial charge on any atom is 0.344 e. The van der Waals surface area contributed by atoms with Crippen LogP contribution in [-0.2, 0) is 4.79 Å². The van der Waals surface area contributed by atoms with Crippen LogP contribution in [0.25, 0.3) is 10.9 Å². The molecule has 24 heavy (non-hydrogen) atoms. The minimum Gasteiger partial charge on any atom is -0.479 e. The van der Waals surface area contributed by atoms with Gasteiger partial charge in [0.15, 0.2) is 6.10 Å². The van der Waals surface area contributed by atoms with Crippen molar-refractivity contribution in [3.05, 3.63) is 59.8 Å². The second-order valence-electron chi connectivity index (χ2n) is 5.18. The molecule has 3 aromatic rings. The third-order valence-corrected chi connectivity index (χ3v) is 3.58. The average molecular weight is 344 g/mol. The Bertz CT molecular complexity index is 880. The maximum atomic E-state index is 10.8. The Morgan fingerprint density at radius 3 is 2.50 bits per heavy atom. The third-order valence-electron chi connectivity index (χ3n) is 3.34. The smallest absolute Gasteiger partial charge is 0.344 e. The first-order valence-corrected chi connectivity index (χ1v) is 7.62. The van der Waals surface area contributed by atoms with Crippen molar-refractivity contribution < 1.29 is 19.4 Å². The Balaban J connectivity index is 1.74. The zero-order chi connectivity index (χ0) is 17.1. The quantitative estimate of drug-likeness (QED) is 0.737. The molecule has 122 valence electrons. The number of nitrogens with zero attached hydrogens (tertiary/aromatic N) is 1. The van der Waals surface area contributed by atoms with Crippen LogP contribution < -0.4 is 9.47 Å². The van der Waals surface area contributed by atoms with Crippen molar-refractivity contribution in [1.29, 1.82) is 0 Å². The molecule has 0 spiro atoms. The molecular weight excluding hydrogens is 330 g/mol. The molecule has 1 unspecified atom stereocenters. The van der Waals surface area contributed by atoms with E-state index in [0.29, 0.717) is 22.3 Å². The summed E-state index contributed by atoms with van der Waals surface area (Å²) in [7, 11) is 0. The van der Waals surface area contributed by atoms with Crippen LogP contribution in [0.3, 0.4) is 0 Å². The van der Waals surface area contributed by atoms with E-state index >= 15 is 0 Å². The number of carbonyl (C=O) groups is 1. The van der Waals surface area contributed by atoms with Crippen LogP contribution in [0.1, 0.15) is 6.92 Å². The van der Waals surface area contributed by atoms with Crippen molar-refractivity contribution in [3.63, 3.8) is 0 Å². The second-order valence-corrected chi connectivity index (χ2v) is 5.62. The van der Waals surface area contributed by atoms with E-state index in [9.17, 15) is 4.79 Å². The standard InChI is InChI=1S/C18H14ClNO4/c1-11(18(21)22)23-14-4-6-15(7-5-14)24-16-8-12-2-3-13(19)9-17(12)20-10-16/h2-11H,1H3,(H,21,22). The van der Waals surface area contributed by atoms with E-state index in [1.807, 2.05) is 12.1 Å². The summed E-state index contributed by atoms with van der Waals surface area (Å²) in [4.78, 5) is 15.1. The molecule has 6 heteroatoms. The first-order chi connectivity index (χ1) is 11.5. The van der Waals surface area contributed by atoms with Gasteiger partial charge in [0.1, 0.15) is 17.2 Å². The Morgan fingerprint density at radius 2 is 1.79 bits per heavy atom. The monoisotopic (exact) mass is 343 g/mol. The summed E-state index contributed by atoms with van der Waals surface area (Å²) in [5, 5.41) is 10.4. The van der Waals surface area contributed by atoms with Gasteiger partial charge in [-0.2, -0.15) is 0 Å². The lowest BCUT2D eigenvalue weighted by Gasteiger charge is -2.11. The SMILES string of the molecule is CC(Oc1ccc(Oc2cnc3cc(Cl)ccc3c2)cc1)C(=O)O. The lowest BCUT2D eigenvalue weighted by atomic mass is 10.2. The Hall–Kier alpha value is -2.79. The molecule has 3 rings (SSSR count). The van der Waals surface area contributed by atoms with Gasteiger partial charge in [0.25, 0.3) is 0 Å². The zero-order valence-corrected chi connectivity index (χ0v) is 13.5. The van der Waals surface area contributed by atoms with Crippen molar-refractivity contribution in [1.82, 2.24) is 4.98 Å². The highest BCUT2D eigenvalue weighted by molar-refractivity contribution is 6.31.